The zero-order valence-corrected chi connectivity index (χ0v) is 15.5. The number of aliphatic hydroxyl groups excluding tert-OH is 1. The van der Waals surface area contributed by atoms with Crippen molar-refractivity contribution in [2.45, 2.75) is 72.5 Å². The van der Waals surface area contributed by atoms with Crippen LogP contribution in [-0.2, 0) is 4.79 Å². The Hall–Kier alpha value is -0.930. The van der Waals surface area contributed by atoms with Crippen LogP contribution in [0.2, 0.25) is 0 Å². The average Bonchev–Trinajstić information content (AvgIpc) is 2.53. The minimum Gasteiger partial charge on any atom is -0.393 e. The summed E-state index contributed by atoms with van der Waals surface area (Å²) in [5.41, 5.74) is -0.0762. The van der Waals surface area contributed by atoms with Crippen LogP contribution in [0.15, 0.2) is 23.8 Å². The number of rotatable bonds is 6. The van der Waals surface area contributed by atoms with Crippen molar-refractivity contribution in [1.29, 1.82) is 0 Å². The first-order valence-electron chi connectivity index (χ1n) is 8.99. The van der Waals surface area contributed by atoms with Gasteiger partial charge < -0.3 is 10.2 Å². The van der Waals surface area contributed by atoms with Gasteiger partial charge in [-0.2, -0.15) is 0 Å². The fourth-order valence-corrected chi connectivity index (χ4v) is 3.63. The summed E-state index contributed by atoms with van der Waals surface area (Å²) in [5.74, 6) is 0.00699. The van der Waals surface area contributed by atoms with E-state index in [9.17, 15) is 15.0 Å². The van der Waals surface area contributed by atoms with E-state index in [0.29, 0.717) is 0 Å². The van der Waals surface area contributed by atoms with Crippen LogP contribution in [0.4, 0.5) is 0 Å². The molecule has 2 N–H and O–H groups in total. The van der Waals surface area contributed by atoms with Crippen molar-refractivity contribution < 1.29 is 15.0 Å². The number of aliphatic hydroxyl groups is 2. The second-order valence-corrected chi connectivity index (χ2v) is 7.33. The lowest BCUT2D eigenvalue weighted by molar-refractivity contribution is -0.143. The van der Waals surface area contributed by atoms with Gasteiger partial charge in [-0.3, -0.25) is 4.79 Å². The number of allylic oxidation sites excluding steroid dienone is 2. The molecule has 23 heavy (non-hydrogen) atoms. The molecule has 1 saturated carbocycles. The molecule has 1 aliphatic rings. The Bertz CT molecular complexity index is 466. The van der Waals surface area contributed by atoms with Crippen molar-refractivity contribution in [2.24, 2.45) is 23.7 Å². The first kappa shape index (κ1) is 20.1. The lowest BCUT2D eigenvalue weighted by atomic mass is 9.64. The highest BCUT2D eigenvalue weighted by molar-refractivity contribution is 5.85. The molecule has 0 aromatic carbocycles. The average molecular weight is 322 g/mol. The van der Waals surface area contributed by atoms with E-state index in [1.54, 1.807) is 6.08 Å². The fraction of sp³-hybridized carbons (Fsp3) is 0.750. The maximum absolute atomic E-state index is 12.4. The van der Waals surface area contributed by atoms with Gasteiger partial charge in [-0.15, -0.1) is 0 Å². The van der Waals surface area contributed by atoms with Crippen molar-refractivity contribution >= 4 is 5.78 Å². The second kappa shape index (κ2) is 8.25. The third-order valence-corrected chi connectivity index (χ3v) is 5.61. The third kappa shape index (κ3) is 4.54. The zero-order chi connectivity index (χ0) is 17.8. The molecule has 0 spiro atoms. The second-order valence-electron chi connectivity index (χ2n) is 7.33. The van der Waals surface area contributed by atoms with Crippen molar-refractivity contribution in [3.8, 4) is 0 Å². The van der Waals surface area contributed by atoms with Crippen molar-refractivity contribution in [3.63, 3.8) is 0 Å². The standard InChI is InChI=1S/C20H34O3/c1-7-17-12-15(5)20(23,16(6)19(17)22)10-9-13(3)11-14(4)18(21)8-2/h9-11,14-18,21,23H,7-8,12H2,1-6H3/b10-9+,13-11+/t14-,15+,16-,17-,18+,20+/m0/s1. The van der Waals surface area contributed by atoms with Crippen LogP contribution in [0.25, 0.3) is 0 Å². The molecule has 0 aliphatic heterocycles. The molecule has 1 fully saturated rings. The summed E-state index contributed by atoms with van der Waals surface area (Å²) in [6, 6.07) is 0. The number of hydrogen-bond donors (Lipinski definition) is 2. The van der Waals surface area contributed by atoms with Crippen LogP contribution in [0, 0.1) is 23.7 Å². The van der Waals surface area contributed by atoms with Crippen molar-refractivity contribution in [1.82, 2.24) is 0 Å². The number of carbonyl (C=O) groups excluding carboxylic acids is 1. The normalized spacial score (nSPS) is 35.6. The van der Waals surface area contributed by atoms with Gasteiger partial charge in [-0.05, 0) is 32.1 Å². The van der Waals surface area contributed by atoms with Gasteiger partial charge in [0, 0.05) is 17.8 Å². The molecule has 0 heterocycles. The minimum atomic E-state index is -1.08. The summed E-state index contributed by atoms with van der Waals surface area (Å²) in [6.07, 6.45) is 7.67. The van der Waals surface area contributed by atoms with Gasteiger partial charge in [0.05, 0.1) is 11.7 Å². The molecule has 6 atom stereocenters. The fourth-order valence-electron chi connectivity index (χ4n) is 3.63. The maximum Gasteiger partial charge on any atom is 0.141 e. The molecule has 0 bridgehead atoms. The summed E-state index contributed by atoms with van der Waals surface area (Å²) in [4.78, 5) is 12.4. The maximum atomic E-state index is 12.4. The first-order chi connectivity index (χ1) is 10.7. The highest BCUT2D eigenvalue weighted by Crippen LogP contribution is 2.41. The van der Waals surface area contributed by atoms with Gasteiger partial charge in [0.2, 0.25) is 0 Å². The Labute approximate surface area is 141 Å². The summed E-state index contributed by atoms with van der Waals surface area (Å²) in [7, 11) is 0. The van der Waals surface area contributed by atoms with Gasteiger partial charge in [-0.1, -0.05) is 58.4 Å². The van der Waals surface area contributed by atoms with E-state index < -0.39 is 5.60 Å². The Balaban J connectivity index is 2.92. The van der Waals surface area contributed by atoms with E-state index in [2.05, 4.69) is 0 Å². The molecule has 132 valence electrons. The lowest BCUT2D eigenvalue weighted by Crippen LogP contribution is -2.51. The number of hydrogen-bond acceptors (Lipinski definition) is 3. The summed E-state index contributed by atoms with van der Waals surface area (Å²) in [6.45, 7) is 11.8. The molecular formula is C20H34O3. The molecule has 3 heteroatoms. The zero-order valence-electron chi connectivity index (χ0n) is 15.5. The molecule has 0 amide bonds. The topological polar surface area (TPSA) is 57.5 Å². The summed E-state index contributed by atoms with van der Waals surface area (Å²) < 4.78 is 0. The molecule has 0 unspecified atom stereocenters. The summed E-state index contributed by atoms with van der Waals surface area (Å²) in [5, 5.41) is 20.9. The highest BCUT2D eigenvalue weighted by Gasteiger charge is 2.47. The Kier molecular flexibility index (Phi) is 7.22. The van der Waals surface area contributed by atoms with Gasteiger partial charge in [0.15, 0.2) is 0 Å². The first-order valence-corrected chi connectivity index (χ1v) is 8.99. The molecule has 0 aromatic rings. The SMILES string of the molecule is CC[C@H]1C[C@@H](C)[C@](O)(/C=C/C(C)=C/[C@H](C)[C@H](O)CC)[C@@H](C)C1=O. The van der Waals surface area contributed by atoms with E-state index in [1.807, 2.05) is 53.7 Å². The number of Topliss-reactive ketones (excluding diaryl/α,β-unsaturated/α-hetero) is 1. The quantitative estimate of drug-likeness (QED) is 0.729. The van der Waals surface area contributed by atoms with Crippen LogP contribution in [0.3, 0.4) is 0 Å². The van der Waals surface area contributed by atoms with E-state index >= 15 is 0 Å². The third-order valence-electron chi connectivity index (χ3n) is 5.61. The molecular weight excluding hydrogens is 288 g/mol. The summed E-state index contributed by atoms with van der Waals surface area (Å²) >= 11 is 0. The van der Waals surface area contributed by atoms with Gasteiger partial charge in [0.1, 0.15) is 5.78 Å². The molecule has 3 nitrogen and oxygen atoms in total. The van der Waals surface area contributed by atoms with Crippen LogP contribution in [0.5, 0.6) is 0 Å². The molecule has 0 saturated heterocycles. The lowest BCUT2D eigenvalue weighted by Gasteiger charge is -2.43. The predicted octanol–water partition coefficient (Wildman–Crippen LogP) is 3.90. The molecule has 0 radical (unpaired) electrons. The Morgan fingerprint density at radius 2 is 2.00 bits per heavy atom. The van der Waals surface area contributed by atoms with E-state index in [1.165, 1.54) is 0 Å². The molecule has 1 aliphatic carbocycles. The van der Waals surface area contributed by atoms with Gasteiger partial charge in [0.25, 0.3) is 0 Å². The predicted molar refractivity (Wildman–Crippen MR) is 95.0 cm³/mol. The Morgan fingerprint density at radius 3 is 2.52 bits per heavy atom. The van der Waals surface area contributed by atoms with E-state index in [0.717, 1.165) is 24.8 Å². The smallest absolute Gasteiger partial charge is 0.141 e. The van der Waals surface area contributed by atoms with Crippen molar-refractivity contribution in [3.05, 3.63) is 23.8 Å². The van der Waals surface area contributed by atoms with Crippen LogP contribution >= 0.6 is 0 Å². The number of ketones is 1. The monoisotopic (exact) mass is 322 g/mol. The largest absolute Gasteiger partial charge is 0.393 e. The van der Waals surface area contributed by atoms with E-state index in [4.69, 9.17) is 0 Å². The highest BCUT2D eigenvalue weighted by atomic mass is 16.3. The van der Waals surface area contributed by atoms with Crippen LogP contribution in [0.1, 0.15) is 60.8 Å². The van der Waals surface area contributed by atoms with E-state index in [-0.39, 0.29) is 35.6 Å². The minimum absolute atomic E-state index is 0.0582. The molecule has 1 rings (SSSR count). The number of carbonyl (C=O) groups is 1. The Morgan fingerprint density at radius 1 is 1.39 bits per heavy atom. The molecule has 0 aromatic heterocycles. The van der Waals surface area contributed by atoms with Crippen molar-refractivity contribution in [2.75, 3.05) is 0 Å². The van der Waals surface area contributed by atoms with Crippen LogP contribution < -0.4 is 0 Å². The van der Waals surface area contributed by atoms with Gasteiger partial charge in [-0.25, -0.2) is 0 Å². The van der Waals surface area contributed by atoms with Crippen LogP contribution in [-0.4, -0.2) is 27.7 Å². The van der Waals surface area contributed by atoms with Gasteiger partial charge >= 0.3 is 0 Å².